The Morgan fingerprint density at radius 1 is 1.00 bits per heavy atom. The molecular weight excluding hydrogens is 212 g/mol. The lowest BCUT2D eigenvalue weighted by Crippen LogP contribution is -2.56. The van der Waals surface area contributed by atoms with Crippen LogP contribution in [0.2, 0.25) is 19.1 Å². The minimum absolute atomic E-state index is 0.265. The van der Waals surface area contributed by atoms with Crippen molar-refractivity contribution in [3.05, 3.63) is 50.6 Å². The van der Waals surface area contributed by atoms with E-state index >= 15 is 0 Å². The lowest BCUT2D eigenvalue weighted by atomic mass is 9.69. The highest BCUT2D eigenvalue weighted by Gasteiger charge is 2.52. The summed E-state index contributed by atoms with van der Waals surface area (Å²) in [4.78, 5) is 0. The maximum Gasteiger partial charge on any atom is 0.188 e. The summed E-state index contributed by atoms with van der Waals surface area (Å²) in [6.07, 6.45) is 8.55. The van der Waals surface area contributed by atoms with Crippen LogP contribution in [0.1, 0.15) is 6.42 Å². The van der Waals surface area contributed by atoms with Crippen molar-refractivity contribution in [3.8, 4) is 0 Å². The first-order chi connectivity index (χ1) is 7.41. The van der Waals surface area contributed by atoms with Gasteiger partial charge in [-0.15, -0.1) is 13.2 Å². The Morgan fingerprint density at radius 3 is 1.88 bits per heavy atom. The molecule has 0 aromatic heterocycles. The van der Waals surface area contributed by atoms with Crippen LogP contribution < -0.4 is 0 Å². The van der Waals surface area contributed by atoms with E-state index in [-0.39, 0.29) is 5.41 Å². The zero-order chi connectivity index (χ0) is 12.4. The summed E-state index contributed by atoms with van der Waals surface area (Å²) in [5, 5.41) is 0. The molecule has 0 amide bonds. The topological polar surface area (TPSA) is 9.23 Å². The zero-order valence-electron chi connectivity index (χ0n) is 10.5. The van der Waals surface area contributed by atoms with E-state index in [4.69, 9.17) is 4.43 Å². The normalized spacial score (nSPS) is 25.4. The Labute approximate surface area is 100 Å². The molecule has 1 nitrogen and oxygen atoms in total. The summed E-state index contributed by atoms with van der Waals surface area (Å²) in [6, 6.07) is 1.11. The summed E-state index contributed by atoms with van der Waals surface area (Å²) in [6.45, 7) is 20.2. The molecule has 1 saturated heterocycles. The van der Waals surface area contributed by atoms with Gasteiger partial charge < -0.3 is 4.43 Å². The molecule has 0 spiro atoms. The molecule has 0 aromatic carbocycles. The van der Waals surface area contributed by atoms with Gasteiger partial charge >= 0.3 is 0 Å². The third kappa shape index (κ3) is 1.76. The first-order valence-corrected chi connectivity index (χ1v) is 8.77. The Balaban J connectivity index is 3.30. The van der Waals surface area contributed by atoms with E-state index in [2.05, 4.69) is 39.4 Å². The zero-order valence-corrected chi connectivity index (χ0v) is 11.5. The third-order valence-corrected chi connectivity index (χ3v) is 5.99. The van der Waals surface area contributed by atoms with Gasteiger partial charge in [0.15, 0.2) is 8.32 Å². The first kappa shape index (κ1) is 13.2. The van der Waals surface area contributed by atoms with Crippen molar-refractivity contribution >= 4 is 8.32 Å². The molecule has 0 aliphatic carbocycles. The van der Waals surface area contributed by atoms with Gasteiger partial charge in [-0.1, -0.05) is 37.5 Å². The van der Waals surface area contributed by atoms with Gasteiger partial charge in [0.1, 0.15) is 5.60 Å². The molecule has 0 atom stereocenters. The summed E-state index contributed by atoms with van der Waals surface area (Å²) in [5.74, 6) is 0. The predicted octanol–water partition coefficient (Wildman–Crippen LogP) is 4.08. The number of rotatable bonds is 4. The largest absolute Gasteiger partial charge is 0.404 e. The van der Waals surface area contributed by atoms with Crippen LogP contribution in [0.5, 0.6) is 0 Å². The molecule has 2 heteroatoms. The van der Waals surface area contributed by atoms with Gasteiger partial charge in [0.05, 0.1) is 0 Å². The van der Waals surface area contributed by atoms with Crippen LogP contribution in [0, 0.1) is 5.41 Å². The molecule has 1 rings (SSSR count). The molecule has 1 aliphatic rings. The highest BCUT2D eigenvalue weighted by molar-refractivity contribution is 6.71. The van der Waals surface area contributed by atoms with E-state index in [0.29, 0.717) is 0 Å². The van der Waals surface area contributed by atoms with Crippen molar-refractivity contribution in [1.82, 2.24) is 0 Å². The highest BCUT2D eigenvalue weighted by atomic mass is 28.4. The molecule has 1 fully saturated rings. The minimum Gasteiger partial charge on any atom is -0.404 e. The fourth-order valence-electron chi connectivity index (χ4n) is 2.46. The monoisotopic (exact) mass is 234 g/mol. The quantitative estimate of drug-likeness (QED) is 0.526. The van der Waals surface area contributed by atoms with E-state index in [1.165, 1.54) is 0 Å². The van der Waals surface area contributed by atoms with Crippen LogP contribution in [0.15, 0.2) is 50.6 Å². The van der Waals surface area contributed by atoms with Gasteiger partial charge in [0.2, 0.25) is 0 Å². The van der Waals surface area contributed by atoms with Crippen molar-refractivity contribution in [1.29, 1.82) is 0 Å². The van der Waals surface area contributed by atoms with E-state index in [0.717, 1.165) is 12.5 Å². The summed E-state index contributed by atoms with van der Waals surface area (Å²) in [7, 11) is -1.63. The van der Waals surface area contributed by atoms with Gasteiger partial charge in [-0.3, -0.25) is 0 Å². The van der Waals surface area contributed by atoms with Crippen molar-refractivity contribution < 1.29 is 4.43 Å². The van der Waals surface area contributed by atoms with Crippen LogP contribution in [0.3, 0.4) is 0 Å². The first-order valence-electron chi connectivity index (χ1n) is 5.65. The molecule has 0 bridgehead atoms. The van der Waals surface area contributed by atoms with Gasteiger partial charge in [-0.05, 0) is 25.6 Å². The van der Waals surface area contributed by atoms with E-state index in [1.807, 2.05) is 24.3 Å². The molecular formula is C14H22OSi. The summed E-state index contributed by atoms with van der Waals surface area (Å²) < 4.78 is 6.32. The van der Waals surface area contributed by atoms with Crippen molar-refractivity contribution in [2.45, 2.75) is 31.2 Å². The van der Waals surface area contributed by atoms with Gasteiger partial charge in [0, 0.05) is 5.41 Å². The fraction of sp³-hybridized carbons (Fsp3) is 0.429. The second-order valence-electron chi connectivity index (χ2n) is 5.01. The van der Waals surface area contributed by atoms with Crippen molar-refractivity contribution in [2.75, 3.05) is 0 Å². The second kappa shape index (κ2) is 4.19. The average Bonchev–Trinajstić information content (AvgIpc) is 2.28. The molecule has 0 aromatic rings. The van der Waals surface area contributed by atoms with Crippen LogP contribution in [-0.4, -0.2) is 13.9 Å². The maximum absolute atomic E-state index is 6.32. The van der Waals surface area contributed by atoms with E-state index < -0.39 is 13.9 Å². The van der Waals surface area contributed by atoms with E-state index in [9.17, 15) is 0 Å². The Hall–Kier alpha value is -0.863. The van der Waals surface area contributed by atoms with Gasteiger partial charge in [-0.25, -0.2) is 0 Å². The highest BCUT2D eigenvalue weighted by Crippen LogP contribution is 2.50. The molecule has 0 N–H and O–H groups in total. The van der Waals surface area contributed by atoms with Crippen LogP contribution in [-0.2, 0) is 4.43 Å². The van der Waals surface area contributed by atoms with Crippen molar-refractivity contribution in [3.63, 3.8) is 0 Å². The molecule has 0 saturated carbocycles. The predicted molar refractivity (Wildman–Crippen MR) is 73.9 cm³/mol. The Kier molecular flexibility index (Phi) is 3.46. The molecule has 0 unspecified atom stereocenters. The summed E-state index contributed by atoms with van der Waals surface area (Å²) >= 11 is 0. The van der Waals surface area contributed by atoms with Crippen LogP contribution >= 0.6 is 0 Å². The second-order valence-corrected chi connectivity index (χ2v) is 9.24. The SMILES string of the molecule is C=CC1(C=C)CC[Si](C)(C)OC1(C=C)C=C. The van der Waals surface area contributed by atoms with E-state index in [1.54, 1.807) is 0 Å². The lowest BCUT2D eigenvalue weighted by molar-refractivity contribution is 0.0495. The molecule has 0 radical (unpaired) electrons. The molecule has 16 heavy (non-hydrogen) atoms. The standard InChI is InChI=1S/C14H22OSi/c1-7-13(8-2)11-12-16(5,6)15-14(13,9-3)10-4/h7-10H,1-4,11-12H2,5-6H3. The van der Waals surface area contributed by atoms with Crippen molar-refractivity contribution in [2.24, 2.45) is 5.41 Å². The fourth-order valence-corrected chi connectivity index (χ4v) is 4.85. The third-order valence-electron chi connectivity index (χ3n) is 3.65. The number of hydrogen-bond donors (Lipinski definition) is 0. The lowest BCUT2D eigenvalue weighted by Gasteiger charge is -2.52. The summed E-state index contributed by atoms with van der Waals surface area (Å²) in [5.41, 5.74) is -0.802. The van der Waals surface area contributed by atoms with Crippen LogP contribution in [0.4, 0.5) is 0 Å². The maximum atomic E-state index is 6.32. The minimum atomic E-state index is -1.63. The van der Waals surface area contributed by atoms with Gasteiger partial charge in [0.25, 0.3) is 0 Å². The molecule has 88 valence electrons. The molecule has 1 heterocycles. The number of hydrogen-bond acceptors (Lipinski definition) is 1. The van der Waals surface area contributed by atoms with Crippen LogP contribution in [0.25, 0.3) is 0 Å². The smallest absolute Gasteiger partial charge is 0.188 e. The Bertz CT molecular complexity index is 312. The van der Waals surface area contributed by atoms with Gasteiger partial charge in [-0.2, -0.15) is 0 Å². The molecule has 1 aliphatic heterocycles. The Morgan fingerprint density at radius 2 is 1.50 bits per heavy atom. The average molecular weight is 234 g/mol.